The molecule has 0 saturated heterocycles. The van der Waals surface area contributed by atoms with Crippen LogP contribution in [0.5, 0.6) is 5.75 Å². The van der Waals surface area contributed by atoms with Gasteiger partial charge in [0, 0.05) is 6.04 Å². The highest BCUT2D eigenvalue weighted by molar-refractivity contribution is 5.83. The summed E-state index contributed by atoms with van der Waals surface area (Å²) in [5, 5.41) is 9.75. The Labute approximate surface area is 118 Å². The van der Waals surface area contributed by atoms with Gasteiger partial charge in [-0.25, -0.2) is 4.79 Å². The predicted octanol–water partition coefficient (Wildman–Crippen LogP) is 2.01. The van der Waals surface area contributed by atoms with Crippen molar-refractivity contribution in [3.8, 4) is 5.75 Å². The third kappa shape index (κ3) is 2.24. The molecule has 1 aliphatic carbocycles. The number of carbonyl (C=O) groups excluding carboxylic acids is 1. The highest BCUT2D eigenvalue weighted by Gasteiger charge is 2.49. The van der Waals surface area contributed by atoms with E-state index in [-0.39, 0.29) is 6.04 Å². The van der Waals surface area contributed by atoms with Crippen LogP contribution in [0.15, 0.2) is 24.3 Å². The average Bonchev–Trinajstić information content (AvgIpc) is 3.29. The Morgan fingerprint density at radius 1 is 1.45 bits per heavy atom. The first kappa shape index (κ1) is 14.4. The van der Waals surface area contributed by atoms with Gasteiger partial charge in [0.2, 0.25) is 6.41 Å². The molecule has 1 saturated carbocycles. The summed E-state index contributed by atoms with van der Waals surface area (Å²) in [6.07, 6.45) is 2.72. The molecule has 0 heterocycles. The molecule has 2 rings (SSSR count). The number of aliphatic carboxylic acids is 1. The topological polar surface area (TPSA) is 66.8 Å². The van der Waals surface area contributed by atoms with Gasteiger partial charge in [-0.2, -0.15) is 0 Å². The number of hydrogen-bond acceptors (Lipinski definition) is 3. The summed E-state index contributed by atoms with van der Waals surface area (Å²) < 4.78 is 5.09. The van der Waals surface area contributed by atoms with Crippen molar-refractivity contribution in [2.45, 2.75) is 37.8 Å². The number of methoxy groups -OCH3 is 1. The normalized spacial score (nSPS) is 17.1. The number of hydrogen-bond donors (Lipinski definition) is 1. The second-order valence-electron chi connectivity index (χ2n) is 4.99. The van der Waals surface area contributed by atoms with Crippen LogP contribution in [-0.2, 0) is 15.1 Å². The van der Waals surface area contributed by atoms with Gasteiger partial charge in [0.1, 0.15) is 5.75 Å². The van der Waals surface area contributed by atoms with Gasteiger partial charge in [0.15, 0.2) is 5.54 Å². The smallest absolute Gasteiger partial charge is 0.334 e. The number of carboxylic acids is 1. The van der Waals surface area contributed by atoms with Crippen LogP contribution in [0.4, 0.5) is 0 Å². The fourth-order valence-corrected chi connectivity index (χ4v) is 2.63. The summed E-state index contributed by atoms with van der Waals surface area (Å²) in [4.78, 5) is 24.8. The van der Waals surface area contributed by atoms with Crippen LogP contribution in [0.25, 0.3) is 0 Å². The number of rotatable bonds is 7. The van der Waals surface area contributed by atoms with Crippen LogP contribution in [-0.4, -0.2) is 35.5 Å². The van der Waals surface area contributed by atoms with Gasteiger partial charge in [0.25, 0.3) is 0 Å². The minimum Gasteiger partial charge on any atom is -0.497 e. The van der Waals surface area contributed by atoms with Crippen LogP contribution >= 0.6 is 0 Å². The lowest BCUT2D eigenvalue weighted by molar-refractivity contribution is -0.157. The number of carboxylic acid groups (broad SMARTS) is 1. The van der Waals surface area contributed by atoms with E-state index in [2.05, 4.69) is 0 Å². The number of benzene rings is 1. The van der Waals surface area contributed by atoms with E-state index in [4.69, 9.17) is 4.74 Å². The summed E-state index contributed by atoms with van der Waals surface area (Å²) in [5.41, 5.74) is -0.692. The van der Waals surface area contributed by atoms with Crippen LogP contribution < -0.4 is 4.74 Å². The SMILES string of the molecule is CCC(C(=O)O)(c1ccc(OC)cc1)N(C=O)C1CC1. The molecule has 0 radical (unpaired) electrons. The minimum atomic E-state index is -1.30. The number of carbonyl (C=O) groups is 2. The van der Waals surface area contributed by atoms with Gasteiger partial charge in [-0.15, -0.1) is 0 Å². The van der Waals surface area contributed by atoms with E-state index in [9.17, 15) is 14.7 Å². The van der Waals surface area contributed by atoms with Gasteiger partial charge in [-0.05, 0) is 37.0 Å². The first-order valence-corrected chi connectivity index (χ1v) is 6.71. The van der Waals surface area contributed by atoms with Crippen molar-refractivity contribution in [1.82, 2.24) is 4.90 Å². The summed E-state index contributed by atoms with van der Waals surface area (Å²) in [7, 11) is 1.56. The van der Waals surface area contributed by atoms with Crippen LogP contribution in [0.2, 0.25) is 0 Å². The quantitative estimate of drug-likeness (QED) is 0.774. The third-order valence-electron chi connectivity index (χ3n) is 3.93. The Kier molecular flexibility index (Phi) is 3.97. The lowest BCUT2D eigenvalue weighted by Crippen LogP contribution is -2.52. The average molecular weight is 277 g/mol. The van der Waals surface area contributed by atoms with Crippen LogP contribution in [0.3, 0.4) is 0 Å². The van der Waals surface area contributed by atoms with Crippen molar-refractivity contribution in [3.63, 3.8) is 0 Å². The maximum absolute atomic E-state index is 11.9. The molecule has 1 fully saturated rings. The molecule has 1 aliphatic rings. The van der Waals surface area contributed by atoms with E-state index >= 15 is 0 Å². The van der Waals surface area contributed by atoms with E-state index in [0.29, 0.717) is 24.1 Å². The van der Waals surface area contributed by atoms with Crippen molar-refractivity contribution >= 4 is 12.4 Å². The molecule has 5 nitrogen and oxygen atoms in total. The van der Waals surface area contributed by atoms with E-state index in [0.717, 1.165) is 12.8 Å². The maximum atomic E-state index is 11.9. The largest absolute Gasteiger partial charge is 0.497 e. The summed E-state index contributed by atoms with van der Waals surface area (Å²) in [5.74, 6) is -0.336. The van der Waals surface area contributed by atoms with E-state index < -0.39 is 11.5 Å². The number of nitrogens with zero attached hydrogens (tertiary/aromatic N) is 1. The molecule has 1 amide bonds. The molecular formula is C15H19NO4. The van der Waals surface area contributed by atoms with E-state index in [1.54, 1.807) is 38.3 Å². The lowest BCUT2D eigenvalue weighted by Gasteiger charge is -2.38. The fraction of sp³-hybridized carbons (Fsp3) is 0.467. The summed E-state index contributed by atoms with van der Waals surface area (Å²) in [6.45, 7) is 1.79. The van der Waals surface area contributed by atoms with Crippen molar-refractivity contribution in [1.29, 1.82) is 0 Å². The van der Waals surface area contributed by atoms with E-state index in [1.165, 1.54) is 4.90 Å². The Balaban J connectivity index is 2.49. The molecule has 0 spiro atoms. The Morgan fingerprint density at radius 2 is 2.05 bits per heavy atom. The molecule has 0 aliphatic heterocycles. The lowest BCUT2D eigenvalue weighted by atomic mass is 9.85. The monoisotopic (exact) mass is 277 g/mol. The van der Waals surface area contributed by atoms with Gasteiger partial charge < -0.3 is 14.7 Å². The van der Waals surface area contributed by atoms with Gasteiger partial charge >= 0.3 is 5.97 Å². The Hall–Kier alpha value is -2.04. The fourth-order valence-electron chi connectivity index (χ4n) is 2.63. The highest BCUT2D eigenvalue weighted by atomic mass is 16.5. The zero-order chi connectivity index (χ0) is 14.8. The molecule has 5 heteroatoms. The Bertz CT molecular complexity index is 495. The molecule has 0 aromatic heterocycles. The number of ether oxygens (including phenoxy) is 1. The molecule has 1 N–H and O–H groups in total. The summed E-state index contributed by atoms with van der Waals surface area (Å²) >= 11 is 0. The van der Waals surface area contributed by atoms with Crippen LogP contribution in [0.1, 0.15) is 31.7 Å². The second kappa shape index (κ2) is 5.53. The minimum absolute atomic E-state index is 0.0330. The second-order valence-corrected chi connectivity index (χ2v) is 4.99. The highest BCUT2D eigenvalue weighted by Crippen LogP contribution is 2.40. The first-order valence-electron chi connectivity index (χ1n) is 6.71. The van der Waals surface area contributed by atoms with Gasteiger partial charge in [-0.1, -0.05) is 19.1 Å². The zero-order valence-corrected chi connectivity index (χ0v) is 11.7. The van der Waals surface area contributed by atoms with Gasteiger partial charge in [-0.3, -0.25) is 4.79 Å². The number of amides is 1. The first-order chi connectivity index (χ1) is 9.59. The van der Waals surface area contributed by atoms with Crippen molar-refractivity contribution < 1.29 is 19.4 Å². The molecule has 1 unspecified atom stereocenters. The maximum Gasteiger partial charge on any atom is 0.334 e. The zero-order valence-electron chi connectivity index (χ0n) is 11.7. The summed E-state index contributed by atoms with van der Waals surface area (Å²) in [6, 6.07) is 6.91. The molecule has 1 aromatic rings. The third-order valence-corrected chi connectivity index (χ3v) is 3.93. The van der Waals surface area contributed by atoms with Crippen molar-refractivity contribution in [2.75, 3.05) is 7.11 Å². The predicted molar refractivity (Wildman–Crippen MR) is 73.5 cm³/mol. The standard InChI is InChI=1S/C15H19NO4/c1-3-15(14(18)19,16(10-17)12-6-7-12)11-4-8-13(20-2)9-5-11/h4-5,8-10,12H,3,6-7H2,1-2H3,(H,18,19). The molecule has 1 atom stereocenters. The molecular weight excluding hydrogens is 258 g/mol. The molecule has 108 valence electrons. The van der Waals surface area contributed by atoms with Gasteiger partial charge in [0.05, 0.1) is 7.11 Å². The molecule has 1 aromatic carbocycles. The molecule has 20 heavy (non-hydrogen) atoms. The van der Waals surface area contributed by atoms with Crippen molar-refractivity contribution in [2.24, 2.45) is 0 Å². The molecule has 0 bridgehead atoms. The Morgan fingerprint density at radius 3 is 2.40 bits per heavy atom. The van der Waals surface area contributed by atoms with Crippen LogP contribution in [0, 0.1) is 0 Å². The van der Waals surface area contributed by atoms with Crippen molar-refractivity contribution in [3.05, 3.63) is 29.8 Å². The van der Waals surface area contributed by atoms with E-state index in [1.807, 2.05) is 0 Å².